The summed E-state index contributed by atoms with van der Waals surface area (Å²) in [6.07, 6.45) is 0. The number of halogens is 1. The zero-order valence-corrected chi connectivity index (χ0v) is 13.1. The van der Waals surface area contributed by atoms with Gasteiger partial charge in [-0.05, 0) is 48.0 Å². The maximum atomic E-state index is 5.61. The molecule has 2 rings (SSSR count). The first-order chi connectivity index (χ1) is 8.97. The van der Waals surface area contributed by atoms with Crippen molar-refractivity contribution in [3.05, 3.63) is 22.7 Å². The predicted octanol–water partition coefficient (Wildman–Crippen LogP) is 3.57. The number of aromatic nitrogens is 2. The molecule has 1 unspecified atom stereocenters. The fraction of sp³-hybridized carbons (Fsp3) is 0.538. The summed E-state index contributed by atoms with van der Waals surface area (Å²) in [4.78, 5) is 2.19. The van der Waals surface area contributed by atoms with Crippen molar-refractivity contribution in [1.29, 1.82) is 0 Å². The van der Waals surface area contributed by atoms with Crippen LogP contribution in [0, 0.1) is 5.92 Å². The summed E-state index contributed by atoms with van der Waals surface area (Å²) in [7, 11) is 2.05. The third-order valence-corrected chi connectivity index (χ3v) is 3.72. The van der Waals surface area contributed by atoms with Crippen LogP contribution in [0.1, 0.15) is 26.7 Å². The molecular formula is C13H18BrN3O2. The van der Waals surface area contributed by atoms with E-state index in [-0.39, 0.29) is 0 Å². The van der Waals surface area contributed by atoms with Gasteiger partial charge in [-0.3, -0.25) is 4.90 Å². The van der Waals surface area contributed by atoms with Gasteiger partial charge in [-0.25, -0.2) is 0 Å². The lowest BCUT2D eigenvalue weighted by Crippen LogP contribution is -2.32. The molecule has 104 valence electrons. The molecule has 0 saturated heterocycles. The molecule has 0 aliphatic carbocycles. The van der Waals surface area contributed by atoms with Crippen LogP contribution in [0.15, 0.2) is 25.6 Å². The number of furan rings is 1. The molecule has 0 fully saturated rings. The van der Waals surface area contributed by atoms with Gasteiger partial charge in [0, 0.05) is 6.04 Å². The van der Waals surface area contributed by atoms with Crippen LogP contribution in [0.25, 0.3) is 11.7 Å². The summed E-state index contributed by atoms with van der Waals surface area (Å²) >= 11 is 3.25. The highest BCUT2D eigenvalue weighted by atomic mass is 79.9. The summed E-state index contributed by atoms with van der Waals surface area (Å²) in [5.41, 5.74) is 0. The third-order valence-electron chi connectivity index (χ3n) is 3.30. The van der Waals surface area contributed by atoms with Crippen molar-refractivity contribution in [2.75, 3.05) is 7.05 Å². The zero-order valence-electron chi connectivity index (χ0n) is 11.6. The van der Waals surface area contributed by atoms with E-state index in [1.165, 1.54) is 0 Å². The molecule has 5 nitrogen and oxygen atoms in total. The van der Waals surface area contributed by atoms with Gasteiger partial charge in [0.1, 0.15) is 0 Å². The van der Waals surface area contributed by atoms with Crippen LogP contribution in [-0.4, -0.2) is 28.2 Å². The second-order valence-corrected chi connectivity index (χ2v) is 5.79. The summed E-state index contributed by atoms with van der Waals surface area (Å²) in [6.45, 7) is 7.21. The van der Waals surface area contributed by atoms with E-state index >= 15 is 0 Å². The van der Waals surface area contributed by atoms with Crippen molar-refractivity contribution in [1.82, 2.24) is 15.1 Å². The van der Waals surface area contributed by atoms with Gasteiger partial charge in [0.05, 0.1) is 6.54 Å². The first-order valence-corrected chi connectivity index (χ1v) is 7.05. The highest BCUT2D eigenvalue weighted by molar-refractivity contribution is 9.10. The van der Waals surface area contributed by atoms with E-state index in [1.54, 1.807) is 12.1 Å². The van der Waals surface area contributed by atoms with Gasteiger partial charge in [-0.1, -0.05) is 13.8 Å². The Morgan fingerprint density at radius 2 is 1.95 bits per heavy atom. The van der Waals surface area contributed by atoms with Crippen molar-refractivity contribution in [2.45, 2.75) is 33.4 Å². The lowest BCUT2D eigenvalue weighted by Gasteiger charge is -2.26. The molecule has 2 heterocycles. The topological polar surface area (TPSA) is 55.3 Å². The average molecular weight is 328 g/mol. The molecule has 0 N–H and O–H groups in total. The third kappa shape index (κ3) is 3.45. The van der Waals surface area contributed by atoms with Crippen LogP contribution in [-0.2, 0) is 6.54 Å². The van der Waals surface area contributed by atoms with Gasteiger partial charge in [0.25, 0.3) is 5.89 Å². The van der Waals surface area contributed by atoms with Crippen molar-refractivity contribution in [3.63, 3.8) is 0 Å². The van der Waals surface area contributed by atoms with Crippen molar-refractivity contribution in [3.8, 4) is 11.7 Å². The zero-order chi connectivity index (χ0) is 14.0. The second-order valence-electron chi connectivity index (χ2n) is 5.00. The Balaban J connectivity index is 2.05. The molecular weight excluding hydrogens is 310 g/mol. The Kier molecular flexibility index (Phi) is 4.42. The molecule has 0 spiro atoms. The molecule has 0 aromatic carbocycles. The number of rotatable bonds is 5. The van der Waals surface area contributed by atoms with Crippen LogP contribution in [0.4, 0.5) is 0 Å². The normalized spacial score (nSPS) is 13.4. The Bertz CT molecular complexity index is 535. The molecule has 19 heavy (non-hydrogen) atoms. The Hall–Kier alpha value is -1.14. The Morgan fingerprint density at radius 3 is 2.53 bits per heavy atom. The number of nitrogens with zero attached hydrogens (tertiary/aromatic N) is 3. The molecule has 0 bridgehead atoms. The highest BCUT2D eigenvalue weighted by Gasteiger charge is 2.17. The highest BCUT2D eigenvalue weighted by Crippen LogP contribution is 2.24. The van der Waals surface area contributed by atoms with Crippen LogP contribution in [0.5, 0.6) is 0 Å². The van der Waals surface area contributed by atoms with Crippen LogP contribution >= 0.6 is 15.9 Å². The summed E-state index contributed by atoms with van der Waals surface area (Å²) in [5.74, 6) is 2.16. The first-order valence-electron chi connectivity index (χ1n) is 6.25. The van der Waals surface area contributed by atoms with E-state index in [2.05, 4.69) is 58.8 Å². The summed E-state index contributed by atoms with van der Waals surface area (Å²) in [6, 6.07) is 4.04. The molecule has 1 atom stereocenters. The molecule has 0 aliphatic rings. The molecule has 0 saturated carbocycles. The Morgan fingerprint density at radius 1 is 1.21 bits per heavy atom. The summed E-state index contributed by atoms with van der Waals surface area (Å²) in [5, 5.41) is 8.05. The van der Waals surface area contributed by atoms with E-state index < -0.39 is 0 Å². The van der Waals surface area contributed by atoms with E-state index in [9.17, 15) is 0 Å². The van der Waals surface area contributed by atoms with Crippen molar-refractivity contribution < 1.29 is 8.83 Å². The maximum absolute atomic E-state index is 5.61. The van der Waals surface area contributed by atoms with Crippen LogP contribution in [0.3, 0.4) is 0 Å². The van der Waals surface area contributed by atoms with E-state index in [1.807, 2.05) is 0 Å². The standard InChI is InChI=1S/C13H18BrN3O2/c1-8(2)9(3)17(4)7-12-15-16-13(19-12)10-5-6-11(14)18-10/h5-6,8-9H,7H2,1-4H3. The van der Waals surface area contributed by atoms with Crippen LogP contribution < -0.4 is 0 Å². The quantitative estimate of drug-likeness (QED) is 0.840. The molecule has 0 amide bonds. The fourth-order valence-corrected chi connectivity index (χ4v) is 2.02. The van der Waals surface area contributed by atoms with E-state index in [4.69, 9.17) is 8.83 Å². The van der Waals surface area contributed by atoms with Gasteiger partial charge < -0.3 is 8.83 Å². The Labute approximate surface area is 121 Å². The molecule has 6 heteroatoms. The minimum absolute atomic E-state index is 0.409. The lowest BCUT2D eigenvalue weighted by molar-refractivity contribution is 0.184. The fourth-order valence-electron chi connectivity index (χ4n) is 1.71. The monoisotopic (exact) mass is 327 g/mol. The minimum Gasteiger partial charge on any atom is -0.444 e. The second kappa shape index (κ2) is 5.88. The van der Waals surface area contributed by atoms with E-state index in [0.29, 0.717) is 40.7 Å². The van der Waals surface area contributed by atoms with Gasteiger partial charge in [0.15, 0.2) is 10.4 Å². The summed E-state index contributed by atoms with van der Waals surface area (Å²) < 4.78 is 11.6. The largest absolute Gasteiger partial charge is 0.444 e. The van der Waals surface area contributed by atoms with Crippen molar-refractivity contribution >= 4 is 15.9 Å². The van der Waals surface area contributed by atoms with Gasteiger partial charge in [0.2, 0.25) is 5.89 Å². The predicted molar refractivity (Wildman–Crippen MR) is 75.5 cm³/mol. The van der Waals surface area contributed by atoms with Gasteiger partial charge in [-0.2, -0.15) is 0 Å². The minimum atomic E-state index is 0.409. The van der Waals surface area contributed by atoms with Gasteiger partial charge >= 0.3 is 0 Å². The first kappa shape index (κ1) is 14.3. The molecule has 2 aromatic heterocycles. The molecule has 2 aromatic rings. The van der Waals surface area contributed by atoms with Crippen LogP contribution in [0.2, 0.25) is 0 Å². The number of hydrogen-bond donors (Lipinski definition) is 0. The SMILES string of the molecule is CC(C)C(C)N(C)Cc1nnc(-c2ccc(Br)o2)o1. The average Bonchev–Trinajstić information content (AvgIpc) is 2.96. The molecule has 0 radical (unpaired) electrons. The van der Waals surface area contributed by atoms with E-state index in [0.717, 1.165) is 0 Å². The number of hydrogen-bond acceptors (Lipinski definition) is 5. The lowest BCUT2D eigenvalue weighted by atomic mass is 10.1. The van der Waals surface area contributed by atoms with Crippen molar-refractivity contribution in [2.24, 2.45) is 5.92 Å². The smallest absolute Gasteiger partial charge is 0.283 e. The maximum Gasteiger partial charge on any atom is 0.283 e. The molecule has 0 aliphatic heterocycles. The van der Waals surface area contributed by atoms with Gasteiger partial charge in [-0.15, -0.1) is 10.2 Å².